The van der Waals surface area contributed by atoms with Crippen LogP contribution in [0.3, 0.4) is 0 Å². The van der Waals surface area contributed by atoms with E-state index in [9.17, 15) is 13.2 Å². The normalized spacial score (nSPS) is 16.0. The SMILES string of the molecule is COc1ccc([C@@H](C)NC(=O)[C@H]2CN(S(=O)(=O)c3ccc(C)cc3)c3ccccc3O2)cc1OC. The Kier molecular flexibility index (Phi) is 6.88. The lowest BCUT2D eigenvalue weighted by atomic mass is 10.1. The Balaban J connectivity index is 1.59. The molecule has 0 unspecified atom stereocenters. The fourth-order valence-corrected chi connectivity index (χ4v) is 5.39. The molecule has 2 atom stereocenters. The number of aryl methyl sites for hydroxylation is 1. The average molecular weight is 497 g/mol. The molecule has 0 aliphatic carbocycles. The zero-order valence-corrected chi connectivity index (χ0v) is 20.8. The summed E-state index contributed by atoms with van der Waals surface area (Å²) < 4.78 is 44.8. The van der Waals surface area contributed by atoms with E-state index in [1.165, 1.54) is 4.31 Å². The number of sulfonamides is 1. The van der Waals surface area contributed by atoms with Crippen LogP contribution >= 0.6 is 0 Å². The number of hydrogen-bond donors (Lipinski definition) is 1. The highest BCUT2D eigenvalue weighted by Crippen LogP contribution is 2.37. The van der Waals surface area contributed by atoms with Crippen molar-refractivity contribution in [3.05, 3.63) is 77.9 Å². The van der Waals surface area contributed by atoms with Crippen LogP contribution in [0.4, 0.5) is 5.69 Å². The number of anilines is 1. The number of benzene rings is 3. The van der Waals surface area contributed by atoms with Gasteiger partial charge in [-0.15, -0.1) is 0 Å². The van der Waals surface area contributed by atoms with Crippen LogP contribution in [0.1, 0.15) is 24.1 Å². The van der Waals surface area contributed by atoms with Gasteiger partial charge in [-0.25, -0.2) is 8.42 Å². The molecule has 9 heteroatoms. The summed E-state index contributed by atoms with van der Waals surface area (Å²) in [6.07, 6.45) is -1.03. The first-order valence-electron chi connectivity index (χ1n) is 11.1. The summed E-state index contributed by atoms with van der Waals surface area (Å²) >= 11 is 0. The zero-order chi connectivity index (χ0) is 25.2. The number of nitrogens with one attached hydrogen (secondary N) is 1. The van der Waals surface area contributed by atoms with Gasteiger partial charge in [0.05, 0.1) is 37.4 Å². The summed E-state index contributed by atoms with van der Waals surface area (Å²) in [5, 5.41) is 2.92. The van der Waals surface area contributed by atoms with E-state index in [0.29, 0.717) is 22.9 Å². The maximum Gasteiger partial charge on any atom is 0.264 e. The van der Waals surface area contributed by atoms with Crippen LogP contribution in [0.15, 0.2) is 71.6 Å². The average Bonchev–Trinajstić information content (AvgIpc) is 2.87. The van der Waals surface area contributed by atoms with Crippen molar-refractivity contribution in [1.82, 2.24) is 5.32 Å². The number of carbonyl (C=O) groups is 1. The summed E-state index contributed by atoms with van der Waals surface area (Å²) in [4.78, 5) is 13.4. The van der Waals surface area contributed by atoms with Gasteiger partial charge < -0.3 is 19.5 Å². The Bertz CT molecular complexity index is 1320. The lowest BCUT2D eigenvalue weighted by Gasteiger charge is -2.35. The molecule has 3 aromatic carbocycles. The van der Waals surface area contributed by atoms with Gasteiger partial charge in [0.2, 0.25) is 0 Å². The number of carbonyl (C=O) groups excluding carboxylic acids is 1. The maximum absolute atomic E-state index is 13.5. The number of amides is 1. The van der Waals surface area contributed by atoms with E-state index in [4.69, 9.17) is 14.2 Å². The lowest BCUT2D eigenvalue weighted by Crippen LogP contribution is -2.51. The Morgan fingerprint density at radius 2 is 1.71 bits per heavy atom. The highest BCUT2D eigenvalue weighted by Gasteiger charge is 2.37. The minimum absolute atomic E-state index is 0.151. The van der Waals surface area contributed by atoms with Gasteiger partial charge in [-0.1, -0.05) is 35.9 Å². The van der Waals surface area contributed by atoms with Crippen molar-refractivity contribution >= 4 is 21.6 Å². The van der Waals surface area contributed by atoms with Gasteiger partial charge in [0.1, 0.15) is 5.75 Å². The molecule has 0 spiro atoms. The van der Waals surface area contributed by atoms with E-state index in [1.807, 2.05) is 19.9 Å². The molecule has 1 aliphatic heterocycles. The Morgan fingerprint density at radius 1 is 1.03 bits per heavy atom. The minimum Gasteiger partial charge on any atom is -0.493 e. The zero-order valence-electron chi connectivity index (χ0n) is 20.0. The van der Waals surface area contributed by atoms with Crippen LogP contribution in [0.5, 0.6) is 17.2 Å². The van der Waals surface area contributed by atoms with E-state index in [-0.39, 0.29) is 17.5 Å². The van der Waals surface area contributed by atoms with Crippen molar-refractivity contribution in [2.45, 2.75) is 30.9 Å². The maximum atomic E-state index is 13.5. The van der Waals surface area contributed by atoms with Crippen molar-refractivity contribution < 1.29 is 27.4 Å². The highest BCUT2D eigenvalue weighted by molar-refractivity contribution is 7.92. The molecule has 0 saturated heterocycles. The van der Waals surface area contributed by atoms with Gasteiger partial charge in [0, 0.05) is 0 Å². The molecule has 3 aromatic rings. The van der Waals surface area contributed by atoms with Crippen molar-refractivity contribution in [2.75, 3.05) is 25.1 Å². The topological polar surface area (TPSA) is 94.2 Å². The fraction of sp³-hybridized carbons (Fsp3) is 0.269. The summed E-state index contributed by atoms with van der Waals surface area (Å²) in [6, 6.07) is 18.4. The molecule has 35 heavy (non-hydrogen) atoms. The van der Waals surface area contributed by atoms with Gasteiger partial charge in [-0.2, -0.15) is 0 Å². The second-order valence-electron chi connectivity index (χ2n) is 8.27. The van der Waals surface area contributed by atoms with Crippen LogP contribution in [0, 0.1) is 6.92 Å². The standard InChI is InChI=1S/C26H28N2O6S/c1-17-9-12-20(13-10-17)35(30,31)28-16-25(34-22-8-6-5-7-21(22)28)26(29)27-18(2)19-11-14-23(32-3)24(15-19)33-4/h5-15,18,25H,16H2,1-4H3,(H,27,29)/t18-,25-/m1/s1. The molecule has 0 aromatic heterocycles. The number of fused-ring (bicyclic) bond motifs is 1. The quantitative estimate of drug-likeness (QED) is 0.534. The number of methoxy groups -OCH3 is 2. The molecule has 0 fully saturated rings. The van der Waals surface area contributed by atoms with Crippen LogP contribution in [-0.2, 0) is 14.8 Å². The van der Waals surface area contributed by atoms with Gasteiger partial charge in [0.25, 0.3) is 15.9 Å². The predicted molar refractivity (Wildman–Crippen MR) is 133 cm³/mol. The first-order chi connectivity index (χ1) is 16.7. The molecular formula is C26H28N2O6S. The third kappa shape index (κ3) is 4.90. The van der Waals surface area contributed by atoms with Gasteiger partial charge >= 0.3 is 0 Å². The van der Waals surface area contributed by atoms with Crippen molar-refractivity contribution in [1.29, 1.82) is 0 Å². The monoisotopic (exact) mass is 496 g/mol. The molecule has 4 rings (SSSR count). The molecule has 0 saturated carbocycles. The largest absolute Gasteiger partial charge is 0.493 e. The number of rotatable bonds is 7. The van der Waals surface area contributed by atoms with E-state index in [0.717, 1.165) is 11.1 Å². The molecule has 0 radical (unpaired) electrons. The Labute approximate surface area is 205 Å². The Hall–Kier alpha value is -3.72. The molecular weight excluding hydrogens is 468 g/mol. The molecule has 0 bridgehead atoms. The van der Waals surface area contributed by atoms with Crippen molar-refractivity contribution in [3.8, 4) is 17.2 Å². The number of para-hydroxylation sites is 2. The number of nitrogens with zero attached hydrogens (tertiary/aromatic N) is 1. The highest BCUT2D eigenvalue weighted by atomic mass is 32.2. The van der Waals surface area contributed by atoms with Crippen LogP contribution in [0.25, 0.3) is 0 Å². The van der Waals surface area contributed by atoms with Gasteiger partial charge in [-0.3, -0.25) is 9.10 Å². The summed E-state index contributed by atoms with van der Waals surface area (Å²) in [6.45, 7) is 3.56. The van der Waals surface area contributed by atoms with Crippen LogP contribution in [-0.4, -0.2) is 41.2 Å². The molecule has 1 amide bonds. The summed E-state index contributed by atoms with van der Waals surface area (Å²) in [7, 11) is -0.817. The molecule has 1 aliphatic rings. The predicted octanol–water partition coefficient (Wildman–Crippen LogP) is 3.85. The molecule has 1 heterocycles. The van der Waals surface area contributed by atoms with E-state index < -0.39 is 22.0 Å². The van der Waals surface area contributed by atoms with Crippen LogP contribution in [0.2, 0.25) is 0 Å². The third-order valence-electron chi connectivity index (χ3n) is 5.90. The summed E-state index contributed by atoms with van der Waals surface area (Å²) in [5.41, 5.74) is 2.15. The number of ether oxygens (including phenoxy) is 3. The first-order valence-corrected chi connectivity index (χ1v) is 12.6. The fourth-order valence-electron chi connectivity index (χ4n) is 3.92. The second-order valence-corrected chi connectivity index (χ2v) is 10.1. The molecule has 8 nitrogen and oxygen atoms in total. The van der Waals surface area contributed by atoms with Crippen molar-refractivity contribution in [3.63, 3.8) is 0 Å². The van der Waals surface area contributed by atoms with Gasteiger partial charge in [0.15, 0.2) is 17.6 Å². The third-order valence-corrected chi connectivity index (χ3v) is 7.70. The van der Waals surface area contributed by atoms with E-state index in [2.05, 4.69) is 5.32 Å². The Morgan fingerprint density at radius 3 is 2.40 bits per heavy atom. The summed E-state index contributed by atoms with van der Waals surface area (Å²) in [5.74, 6) is 1.03. The minimum atomic E-state index is -3.91. The van der Waals surface area contributed by atoms with E-state index in [1.54, 1.807) is 74.9 Å². The van der Waals surface area contributed by atoms with Crippen molar-refractivity contribution in [2.24, 2.45) is 0 Å². The molecule has 184 valence electrons. The number of hydrogen-bond acceptors (Lipinski definition) is 6. The van der Waals surface area contributed by atoms with E-state index >= 15 is 0 Å². The first kappa shape index (κ1) is 24.4. The molecule has 1 N–H and O–H groups in total. The smallest absolute Gasteiger partial charge is 0.264 e. The van der Waals surface area contributed by atoms with Crippen LogP contribution < -0.4 is 23.8 Å². The van der Waals surface area contributed by atoms with Gasteiger partial charge in [-0.05, 0) is 55.8 Å². The lowest BCUT2D eigenvalue weighted by molar-refractivity contribution is -0.128. The second kappa shape index (κ2) is 9.87.